The molecule has 1 aromatic carbocycles. The second-order valence-corrected chi connectivity index (χ2v) is 10.3. The largest absolute Gasteiger partial charge is 0.379 e. The van der Waals surface area contributed by atoms with E-state index in [1.165, 1.54) is 23.1 Å². The van der Waals surface area contributed by atoms with Crippen molar-refractivity contribution >= 4 is 39.2 Å². The molecule has 0 aliphatic rings. The summed E-state index contributed by atoms with van der Waals surface area (Å²) in [6.07, 6.45) is 0.952. The number of hydrogen-bond donors (Lipinski definition) is 1. The van der Waals surface area contributed by atoms with Gasteiger partial charge in [-0.25, -0.2) is 4.98 Å². The Balaban J connectivity index is 1.88. The number of carbonyl (C=O) groups is 1. The van der Waals surface area contributed by atoms with Crippen LogP contribution in [0.1, 0.15) is 41.8 Å². The van der Waals surface area contributed by atoms with Crippen LogP contribution >= 0.6 is 23.1 Å². The molecule has 0 unspecified atom stereocenters. The van der Waals surface area contributed by atoms with E-state index in [1.54, 1.807) is 4.57 Å². The zero-order chi connectivity index (χ0) is 23.4. The van der Waals surface area contributed by atoms with Crippen LogP contribution in [0.4, 0.5) is 0 Å². The molecule has 1 amide bonds. The third-order valence-corrected chi connectivity index (χ3v) is 7.46. The Labute approximate surface area is 197 Å². The normalized spacial score (nSPS) is 11.5. The minimum atomic E-state index is -0.0840. The van der Waals surface area contributed by atoms with E-state index in [0.29, 0.717) is 23.7 Å². The molecule has 3 aromatic rings. The average Bonchev–Trinajstić information content (AvgIpc) is 3.02. The van der Waals surface area contributed by atoms with Gasteiger partial charge in [-0.15, -0.1) is 11.3 Å². The van der Waals surface area contributed by atoms with Crippen LogP contribution in [-0.4, -0.2) is 40.5 Å². The first-order valence-electron chi connectivity index (χ1n) is 10.8. The van der Waals surface area contributed by atoms with Crippen LogP contribution in [0.3, 0.4) is 0 Å². The highest BCUT2D eigenvalue weighted by Crippen LogP contribution is 2.30. The highest BCUT2D eigenvalue weighted by atomic mass is 32.2. The second-order valence-electron chi connectivity index (χ2n) is 8.13. The third-order valence-electron chi connectivity index (χ3n) is 5.42. The van der Waals surface area contributed by atoms with Crippen molar-refractivity contribution in [1.29, 1.82) is 0 Å². The number of benzene rings is 1. The maximum absolute atomic E-state index is 13.6. The van der Waals surface area contributed by atoms with E-state index in [2.05, 4.69) is 5.32 Å². The maximum atomic E-state index is 13.6. The number of carbonyl (C=O) groups excluding carboxylic acids is 1. The first-order valence-corrected chi connectivity index (χ1v) is 12.6. The molecule has 172 valence electrons. The number of nitrogens with one attached hydrogen (secondary N) is 1. The van der Waals surface area contributed by atoms with Gasteiger partial charge in [0.25, 0.3) is 5.56 Å². The molecule has 0 spiro atoms. The highest BCUT2D eigenvalue weighted by Gasteiger charge is 2.20. The number of ether oxygens (including phenoxy) is 1. The lowest BCUT2D eigenvalue weighted by Gasteiger charge is -2.15. The number of nitrogens with zero attached hydrogens (tertiary/aromatic N) is 2. The van der Waals surface area contributed by atoms with Gasteiger partial charge in [-0.05, 0) is 70.7 Å². The van der Waals surface area contributed by atoms with Crippen molar-refractivity contribution in [2.75, 3.05) is 18.9 Å². The minimum Gasteiger partial charge on any atom is -0.379 e. The number of rotatable bonds is 9. The summed E-state index contributed by atoms with van der Waals surface area (Å²) in [5, 5.41) is 4.12. The molecule has 0 bridgehead atoms. The van der Waals surface area contributed by atoms with Crippen LogP contribution in [0, 0.1) is 27.7 Å². The Morgan fingerprint density at radius 1 is 1.22 bits per heavy atom. The van der Waals surface area contributed by atoms with Gasteiger partial charge >= 0.3 is 0 Å². The number of amides is 1. The van der Waals surface area contributed by atoms with Crippen molar-refractivity contribution in [2.24, 2.45) is 0 Å². The molecule has 2 aromatic heterocycles. The molecule has 32 heavy (non-hydrogen) atoms. The van der Waals surface area contributed by atoms with E-state index in [9.17, 15) is 9.59 Å². The van der Waals surface area contributed by atoms with Crippen LogP contribution < -0.4 is 10.9 Å². The van der Waals surface area contributed by atoms with Crippen LogP contribution in [0.5, 0.6) is 0 Å². The summed E-state index contributed by atoms with van der Waals surface area (Å²) >= 11 is 2.81. The summed E-state index contributed by atoms with van der Waals surface area (Å²) < 4.78 is 7.17. The summed E-state index contributed by atoms with van der Waals surface area (Å²) in [4.78, 5) is 32.6. The number of aromatic nitrogens is 2. The topological polar surface area (TPSA) is 73.2 Å². The van der Waals surface area contributed by atoms with Gasteiger partial charge in [-0.3, -0.25) is 14.2 Å². The van der Waals surface area contributed by atoms with Gasteiger partial charge in [0.1, 0.15) is 4.83 Å². The Morgan fingerprint density at radius 2 is 1.97 bits per heavy atom. The van der Waals surface area contributed by atoms with Crippen molar-refractivity contribution in [3.8, 4) is 5.69 Å². The summed E-state index contributed by atoms with van der Waals surface area (Å²) in [7, 11) is 0. The zero-order valence-corrected chi connectivity index (χ0v) is 21.2. The van der Waals surface area contributed by atoms with Crippen molar-refractivity contribution < 1.29 is 9.53 Å². The lowest BCUT2D eigenvalue weighted by atomic mass is 10.1. The van der Waals surface area contributed by atoms with Crippen molar-refractivity contribution in [3.05, 3.63) is 50.1 Å². The first kappa shape index (κ1) is 24.5. The van der Waals surface area contributed by atoms with E-state index < -0.39 is 0 Å². The van der Waals surface area contributed by atoms with Crippen molar-refractivity contribution in [3.63, 3.8) is 0 Å². The summed E-state index contributed by atoms with van der Waals surface area (Å²) in [5.41, 5.74) is 3.82. The van der Waals surface area contributed by atoms with Crippen molar-refractivity contribution in [2.45, 2.75) is 59.2 Å². The lowest BCUT2D eigenvalue weighted by Crippen LogP contribution is -2.28. The smallest absolute Gasteiger partial charge is 0.267 e. The molecule has 6 nitrogen and oxygen atoms in total. The van der Waals surface area contributed by atoms with Crippen molar-refractivity contribution in [1.82, 2.24) is 14.9 Å². The van der Waals surface area contributed by atoms with Crippen LogP contribution in [-0.2, 0) is 9.53 Å². The molecule has 2 heterocycles. The fourth-order valence-electron chi connectivity index (χ4n) is 3.36. The van der Waals surface area contributed by atoms with Gasteiger partial charge in [0.15, 0.2) is 5.16 Å². The fraction of sp³-hybridized carbons (Fsp3) is 0.458. The number of thiophene rings is 1. The monoisotopic (exact) mass is 473 g/mol. The fourth-order valence-corrected chi connectivity index (χ4v) is 5.27. The van der Waals surface area contributed by atoms with E-state index in [4.69, 9.17) is 9.72 Å². The number of thioether (sulfide) groups is 1. The molecule has 0 saturated heterocycles. The minimum absolute atomic E-state index is 0.0834. The Hall–Kier alpha value is -2.16. The number of fused-ring (bicyclic) bond motifs is 1. The van der Waals surface area contributed by atoms with Crippen LogP contribution in [0.2, 0.25) is 0 Å². The van der Waals surface area contributed by atoms with Crippen LogP contribution in [0.25, 0.3) is 15.9 Å². The third kappa shape index (κ3) is 5.42. The lowest BCUT2D eigenvalue weighted by molar-refractivity contribution is -0.118. The molecule has 0 aliphatic heterocycles. The molecule has 1 N–H and O–H groups in total. The first-order chi connectivity index (χ1) is 15.2. The number of hydrogen-bond acceptors (Lipinski definition) is 6. The quantitative estimate of drug-likeness (QED) is 0.277. The molecular formula is C24H31N3O3S2. The maximum Gasteiger partial charge on any atom is 0.267 e. The Morgan fingerprint density at radius 3 is 2.69 bits per heavy atom. The van der Waals surface area contributed by atoms with Gasteiger partial charge in [-0.2, -0.15) is 0 Å². The van der Waals surface area contributed by atoms with E-state index in [-0.39, 0.29) is 23.3 Å². The second kappa shape index (κ2) is 10.6. The zero-order valence-electron chi connectivity index (χ0n) is 19.6. The highest BCUT2D eigenvalue weighted by molar-refractivity contribution is 7.99. The molecule has 0 radical (unpaired) electrons. The van der Waals surface area contributed by atoms with Gasteiger partial charge in [0.05, 0.1) is 22.9 Å². The predicted octanol–water partition coefficient (Wildman–Crippen LogP) is 4.70. The molecule has 8 heteroatoms. The van der Waals surface area contributed by atoms with Gasteiger partial charge in [0.2, 0.25) is 5.91 Å². The molecular weight excluding hydrogens is 442 g/mol. The van der Waals surface area contributed by atoms with Gasteiger partial charge < -0.3 is 10.1 Å². The van der Waals surface area contributed by atoms with Crippen LogP contribution in [0.15, 0.2) is 28.2 Å². The average molecular weight is 474 g/mol. The molecule has 0 aliphatic carbocycles. The number of aryl methyl sites for hydroxylation is 3. The molecule has 0 saturated carbocycles. The summed E-state index contributed by atoms with van der Waals surface area (Å²) in [6.45, 7) is 13.2. The molecule has 3 rings (SSSR count). The SMILES string of the molecule is Cc1cccc(-n2c(SCC(=O)NCCCOC(C)C)nc3sc(C)c(C)c3c2=O)c1C. The Kier molecular flexibility index (Phi) is 8.14. The molecule has 0 atom stereocenters. The Bertz CT molecular complexity index is 1180. The molecule has 0 fully saturated rings. The van der Waals surface area contributed by atoms with E-state index in [1.807, 2.05) is 59.7 Å². The van der Waals surface area contributed by atoms with Gasteiger partial charge in [-0.1, -0.05) is 23.9 Å². The standard InChI is InChI=1S/C24H31N3O3S2/c1-14(2)30-12-8-11-25-20(28)13-31-24-26-22-21(17(5)18(6)32-22)23(29)27(24)19-10-7-9-15(3)16(19)4/h7,9-10,14H,8,11-13H2,1-6H3,(H,25,28). The van der Waals surface area contributed by atoms with E-state index >= 15 is 0 Å². The summed E-state index contributed by atoms with van der Waals surface area (Å²) in [5.74, 6) is 0.108. The van der Waals surface area contributed by atoms with E-state index in [0.717, 1.165) is 38.5 Å². The predicted molar refractivity (Wildman–Crippen MR) is 134 cm³/mol. The van der Waals surface area contributed by atoms with Gasteiger partial charge in [0, 0.05) is 18.0 Å². The summed E-state index contributed by atoms with van der Waals surface area (Å²) in [6, 6.07) is 5.91.